The second-order valence-electron chi connectivity index (χ2n) is 3.58. The molecule has 0 aliphatic rings. The van der Waals surface area contributed by atoms with Gasteiger partial charge in [0.2, 0.25) is 5.91 Å². The van der Waals surface area contributed by atoms with Crippen molar-refractivity contribution in [3.05, 3.63) is 22.4 Å². The number of nitrogens with two attached hydrogens (primary N) is 1. The van der Waals surface area contributed by atoms with Crippen molar-refractivity contribution in [3.63, 3.8) is 0 Å². The normalized spacial score (nSPS) is 14.5. The lowest BCUT2D eigenvalue weighted by molar-refractivity contribution is -0.153. The Morgan fingerprint density at radius 1 is 1.60 bits per heavy atom. The summed E-state index contributed by atoms with van der Waals surface area (Å²) in [5.74, 6) is -1.95. The van der Waals surface area contributed by atoms with E-state index in [4.69, 9.17) is 10.8 Å². The van der Waals surface area contributed by atoms with Gasteiger partial charge in [-0.1, -0.05) is 6.07 Å². The third-order valence-corrected chi connectivity index (χ3v) is 3.40. The summed E-state index contributed by atoms with van der Waals surface area (Å²) in [5.41, 5.74) is 3.63. The van der Waals surface area contributed by atoms with E-state index in [1.807, 2.05) is 17.5 Å². The highest BCUT2D eigenvalue weighted by Crippen LogP contribution is 2.25. The molecule has 0 saturated heterocycles. The standard InChI is InChI=1S/C10H13NO3S/c1-10(8(11)12,9(13)14)5-4-7-3-2-6-15-7/h2-3,6H,4-5H2,1H3,(H2,11,12)(H,13,14). The van der Waals surface area contributed by atoms with Crippen LogP contribution in [0.3, 0.4) is 0 Å². The van der Waals surface area contributed by atoms with Crippen molar-refractivity contribution in [3.8, 4) is 0 Å². The van der Waals surface area contributed by atoms with Crippen LogP contribution in [0.15, 0.2) is 17.5 Å². The molecule has 1 atom stereocenters. The van der Waals surface area contributed by atoms with Crippen molar-refractivity contribution in [1.82, 2.24) is 0 Å². The molecular formula is C10H13NO3S. The Balaban J connectivity index is 2.69. The van der Waals surface area contributed by atoms with Gasteiger partial charge in [-0.05, 0) is 31.2 Å². The minimum atomic E-state index is -1.47. The number of hydrogen-bond donors (Lipinski definition) is 2. The summed E-state index contributed by atoms with van der Waals surface area (Å²) in [6.07, 6.45) is 0.793. The van der Waals surface area contributed by atoms with Crippen LogP contribution in [-0.4, -0.2) is 17.0 Å². The molecule has 5 heteroatoms. The van der Waals surface area contributed by atoms with Crippen LogP contribution < -0.4 is 5.73 Å². The molecule has 0 fully saturated rings. The monoisotopic (exact) mass is 227 g/mol. The van der Waals surface area contributed by atoms with E-state index in [0.717, 1.165) is 4.88 Å². The van der Waals surface area contributed by atoms with Crippen LogP contribution in [0.5, 0.6) is 0 Å². The highest BCUT2D eigenvalue weighted by Gasteiger charge is 2.39. The second-order valence-corrected chi connectivity index (χ2v) is 4.61. The Labute approximate surface area is 91.7 Å². The molecule has 4 nitrogen and oxygen atoms in total. The fourth-order valence-corrected chi connectivity index (χ4v) is 1.87. The van der Waals surface area contributed by atoms with E-state index in [0.29, 0.717) is 6.42 Å². The number of carboxylic acid groups (broad SMARTS) is 1. The molecule has 0 aliphatic heterocycles. The third kappa shape index (κ3) is 2.56. The zero-order valence-corrected chi connectivity index (χ0v) is 9.21. The van der Waals surface area contributed by atoms with E-state index >= 15 is 0 Å². The number of aryl methyl sites for hydroxylation is 1. The predicted molar refractivity (Wildman–Crippen MR) is 57.6 cm³/mol. The lowest BCUT2D eigenvalue weighted by Gasteiger charge is -2.19. The summed E-state index contributed by atoms with van der Waals surface area (Å²) in [6, 6.07) is 3.80. The number of hydrogen-bond acceptors (Lipinski definition) is 3. The Morgan fingerprint density at radius 2 is 2.27 bits per heavy atom. The van der Waals surface area contributed by atoms with Crippen molar-refractivity contribution in [2.24, 2.45) is 11.1 Å². The second kappa shape index (κ2) is 4.44. The van der Waals surface area contributed by atoms with Gasteiger partial charge in [0.1, 0.15) is 5.41 Å². The summed E-state index contributed by atoms with van der Waals surface area (Å²) in [5, 5.41) is 10.8. The number of thiophene rings is 1. The third-order valence-electron chi connectivity index (χ3n) is 2.47. The number of carbonyl (C=O) groups excluding carboxylic acids is 1. The molecule has 0 radical (unpaired) electrons. The number of rotatable bonds is 5. The maximum absolute atomic E-state index is 11.1. The molecule has 0 bridgehead atoms. The molecule has 82 valence electrons. The van der Waals surface area contributed by atoms with Gasteiger partial charge in [0.15, 0.2) is 0 Å². The largest absolute Gasteiger partial charge is 0.480 e. The zero-order valence-electron chi connectivity index (χ0n) is 8.40. The molecule has 0 saturated carbocycles. The van der Waals surface area contributed by atoms with Gasteiger partial charge in [-0.25, -0.2) is 0 Å². The highest BCUT2D eigenvalue weighted by molar-refractivity contribution is 7.09. The first-order valence-electron chi connectivity index (χ1n) is 4.52. The molecule has 1 aromatic heterocycles. The molecule has 3 N–H and O–H groups in total. The average molecular weight is 227 g/mol. The van der Waals surface area contributed by atoms with Crippen molar-refractivity contribution in [1.29, 1.82) is 0 Å². The first-order valence-corrected chi connectivity index (χ1v) is 5.40. The van der Waals surface area contributed by atoms with Crippen molar-refractivity contribution < 1.29 is 14.7 Å². The van der Waals surface area contributed by atoms with Crippen molar-refractivity contribution in [2.45, 2.75) is 19.8 Å². The Morgan fingerprint density at radius 3 is 2.67 bits per heavy atom. The van der Waals surface area contributed by atoms with E-state index < -0.39 is 17.3 Å². The van der Waals surface area contributed by atoms with Crippen molar-refractivity contribution >= 4 is 23.2 Å². The van der Waals surface area contributed by atoms with Crippen LogP contribution in [0.1, 0.15) is 18.2 Å². The molecular weight excluding hydrogens is 214 g/mol. The number of primary amides is 1. The molecule has 1 unspecified atom stereocenters. The Bertz CT molecular complexity index is 345. The Kier molecular flexibility index (Phi) is 3.47. The van der Waals surface area contributed by atoms with Crippen LogP contribution in [0.4, 0.5) is 0 Å². The molecule has 1 aromatic rings. The fraction of sp³-hybridized carbons (Fsp3) is 0.400. The topological polar surface area (TPSA) is 80.4 Å². The van der Waals surface area contributed by atoms with E-state index in [-0.39, 0.29) is 6.42 Å². The maximum Gasteiger partial charge on any atom is 0.318 e. The number of carboxylic acids is 1. The van der Waals surface area contributed by atoms with E-state index in [2.05, 4.69) is 0 Å². The van der Waals surface area contributed by atoms with E-state index in [9.17, 15) is 9.59 Å². The first kappa shape index (κ1) is 11.7. The maximum atomic E-state index is 11.1. The van der Waals surface area contributed by atoms with Crippen LogP contribution in [0, 0.1) is 5.41 Å². The molecule has 0 spiro atoms. The van der Waals surface area contributed by atoms with Gasteiger partial charge in [0, 0.05) is 4.88 Å². The first-order chi connectivity index (χ1) is 6.97. The van der Waals surface area contributed by atoms with Crippen LogP contribution in [0.2, 0.25) is 0 Å². The minimum absolute atomic E-state index is 0.234. The van der Waals surface area contributed by atoms with Crippen LogP contribution >= 0.6 is 11.3 Å². The van der Waals surface area contributed by atoms with Gasteiger partial charge >= 0.3 is 5.97 Å². The van der Waals surface area contributed by atoms with E-state index in [1.54, 1.807) is 11.3 Å². The lowest BCUT2D eigenvalue weighted by Crippen LogP contribution is -2.41. The molecule has 0 aromatic carbocycles. The van der Waals surface area contributed by atoms with Gasteiger partial charge < -0.3 is 10.8 Å². The van der Waals surface area contributed by atoms with Gasteiger partial charge in [0.25, 0.3) is 0 Å². The SMILES string of the molecule is CC(CCc1cccs1)(C(N)=O)C(=O)O. The van der Waals surface area contributed by atoms with Gasteiger partial charge in [0.05, 0.1) is 0 Å². The minimum Gasteiger partial charge on any atom is -0.480 e. The van der Waals surface area contributed by atoms with Gasteiger partial charge in [-0.2, -0.15) is 0 Å². The molecule has 15 heavy (non-hydrogen) atoms. The quantitative estimate of drug-likeness (QED) is 0.743. The number of amides is 1. The molecule has 1 amide bonds. The van der Waals surface area contributed by atoms with E-state index in [1.165, 1.54) is 6.92 Å². The molecule has 1 rings (SSSR count). The summed E-state index contributed by atoms with van der Waals surface area (Å²) < 4.78 is 0. The van der Waals surface area contributed by atoms with Gasteiger partial charge in [-0.15, -0.1) is 11.3 Å². The summed E-state index contributed by atoms with van der Waals surface area (Å²) in [7, 11) is 0. The fourth-order valence-electron chi connectivity index (χ4n) is 1.16. The zero-order chi connectivity index (χ0) is 11.5. The summed E-state index contributed by atoms with van der Waals surface area (Å²) in [4.78, 5) is 23.1. The van der Waals surface area contributed by atoms with Crippen LogP contribution in [-0.2, 0) is 16.0 Å². The number of aliphatic carboxylic acids is 1. The summed E-state index contributed by atoms with van der Waals surface area (Å²) in [6.45, 7) is 1.37. The lowest BCUT2D eigenvalue weighted by atomic mass is 9.84. The smallest absolute Gasteiger partial charge is 0.318 e. The highest BCUT2D eigenvalue weighted by atomic mass is 32.1. The Hall–Kier alpha value is -1.36. The van der Waals surface area contributed by atoms with Crippen molar-refractivity contribution in [2.75, 3.05) is 0 Å². The average Bonchev–Trinajstić information content (AvgIpc) is 2.65. The molecule has 1 heterocycles. The summed E-state index contributed by atoms with van der Waals surface area (Å²) >= 11 is 1.54. The van der Waals surface area contributed by atoms with Gasteiger partial charge in [-0.3, -0.25) is 9.59 Å². The molecule has 0 aliphatic carbocycles. The number of carbonyl (C=O) groups is 2. The predicted octanol–water partition coefficient (Wildman–Crippen LogP) is 1.26. The van der Waals surface area contributed by atoms with Crippen LogP contribution in [0.25, 0.3) is 0 Å².